The average molecular weight is 433 g/mol. The molecule has 0 unspecified atom stereocenters. The van der Waals surface area contributed by atoms with Crippen LogP contribution in [-0.4, -0.2) is 33.8 Å². The number of carboxylic acid groups (broad SMARTS) is 2. The van der Waals surface area contributed by atoms with Crippen LogP contribution in [0.25, 0.3) is 0 Å². The second-order valence-corrected chi connectivity index (χ2v) is 6.88. The van der Waals surface area contributed by atoms with Gasteiger partial charge in [0, 0.05) is 11.3 Å². The number of carboxylic acids is 2. The van der Waals surface area contributed by atoms with Crippen LogP contribution in [0.5, 0.6) is 0 Å². The number of carbonyl (C=O) groups is 4. The third-order valence-electron chi connectivity index (χ3n) is 4.36. The third-order valence-corrected chi connectivity index (χ3v) is 4.36. The van der Waals surface area contributed by atoms with Gasteiger partial charge in [0.2, 0.25) is 5.91 Å². The zero-order valence-corrected chi connectivity index (χ0v) is 17.4. The summed E-state index contributed by atoms with van der Waals surface area (Å²) in [6.45, 7) is 1.43. The van der Waals surface area contributed by atoms with Crippen LogP contribution in [0.2, 0.25) is 0 Å². The Bertz CT molecular complexity index is 1090. The van der Waals surface area contributed by atoms with Crippen LogP contribution in [0.3, 0.4) is 0 Å². The molecule has 0 aliphatic carbocycles. The highest BCUT2D eigenvalue weighted by molar-refractivity contribution is 5.96. The van der Waals surface area contributed by atoms with E-state index in [1.807, 2.05) is 30.3 Å². The van der Waals surface area contributed by atoms with Crippen LogP contribution in [0.15, 0.2) is 78.9 Å². The van der Waals surface area contributed by atoms with Gasteiger partial charge in [0.05, 0.1) is 18.4 Å². The van der Waals surface area contributed by atoms with Crippen LogP contribution in [-0.2, 0) is 22.4 Å². The summed E-state index contributed by atoms with van der Waals surface area (Å²) in [5.74, 6) is -2.14. The van der Waals surface area contributed by atoms with Crippen LogP contribution in [0.1, 0.15) is 38.8 Å². The Morgan fingerprint density at radius 1 is 0.750 bits per heavy atom. The van der Waals surface area contributed by atoms with Gasteiger partial charge in [-0.15, -0.1) is 0 Å². The molecule has 0 spiro atoms. The molecule has 0 bridgehead atoms. The lowest BCUT2D eigenvalue weighted by Crippen LogP contribution is -2.14. The SMILES string of the molecule is CC(=O)c1ccccc1CC(=O)O.O=C(Cc1ccccc1)Nc1ccc(C(=O)O)cc1. The van der Waals surface area contributed by atoms with E-state index in [9.17, 15) is 19.2 Å². The maximum absolute atomic E-state index is 11.8. The summed E-state index contributed by atoms with van der Waals surface area (Å²) < 4.78 is 0. The first-order valence-corrected chi connectivity index (χ1v) is 9.74. The van der Waals surface area contributed by atoms with Crippen LogP contribution >= 0.6 is 0 Å². The maximum Gasteiger partial charge on any atom is 0.335 e. The molecule has 32 heavy (non-hydrogen) atoms. The van der Waals surface area contributed by atoms with E-state index in [2.05, 4.69) is 5.32 Å². The molecule has 0 aliphatic rings. The van der Waals surface area contributed by atoms with E-state index in [4.69, 9.17) is 10.2 Å². The van der Waals surface area contributed by atoms with Crippen molar-refractivity contribution in [1.29, 1.82) is 0 Å². The first-order chi connectivity index (χ1) is 15.3. The third kappa shape index (κ3) is 7.87. The molecule has 3 N–H and O–H groups in total. The van der Waals surface area contributed by atoms with E-state index in [0.717, 1.165) is 5.56 Å². The monoisotopic (exact) mass is 433 g/mol. The molecule has 3 aromatic carbocycles. The standard InChI is InChI=1S/C15H13NO3.C10H10O3/c17-14(10-11-4-2-1-3-5-11)16-13-8-6-12(7-9-13)15(18)19;1-7(11)9-5-3-2-4-8(9)6-10(12)13/h1-9H,10H2,(H,16,17)(H,18,19);2-5H,6H2,1H3,(H,12,13). The summed E-state index contributed by atoms with van der Waals surface area (Å²) in [5, 5.41) is 20.1. The number of nitrogens with one attached hydrogen (secondary N) is 1. The lowest BCUT2D eigenvalue weighted by molar-refractivity contribution is -0.136. The fourth-order valence-electron chi connectivity index (χ4n) is 2.86. The molecule has 0 saturated heterocycles. The van der Waals surface area contributed by atoms with Crippen molar-refractivity contribution in [1.82, 2.24) is 0 Å². The summed E-state index contributed by atoms with van der Waals surface area (Å²) >= 11 is 0. The van der Waals surface area contributed by atoms with Gasteiger partial charge in [-0.05, 0) is 42.3 Å². The number of aromatic carboxylic acids is 1. The minimum Gasteiger partial charge on any atom is -0.481 e. The second-order valence-electron chi connectivity index (χ2n) is 6.88. The Morgan fingerprint density at radius 2 is 1.34 bits per heavy atom. The highest BCUT2D eigenvalue weighted by Crippen LogP contribution is 2.11. The van der Waals surface area contributed by atoms with Crippen molar-refractivity contribution in [3.05, 3.63) is 101 Å². The van der Waals surface area contributed by atoms with Gasteiger partial charge in [0.15, 0.2) is 5.78 Å². The lowest BCUT2D eigenvalue weighted by atomic mass is 10.0. The van der Waals surface area contributed by atoms with Gasteiger partial charge in [-0.1, -0.05) is 54.6 Å². The van der Waals surface area contributed by atoms with Gasteiger partial charge >= 0.3 is 11.9 Å². The van der Waals surface area contributed by atoms with Crippen LogP contribution in [0.4, 0.5) is 5.69 Å². The predicted molar refractivity (Wildman–Crippen MR) is 120 cm³/mol. The summed E-state index contributed by atoms with van der Waals surface area (Å²) in [5.41, 5.74) is 2.78. The number of hydrogen-bond donors (Lipinski definition) is 3. The van der Waals surface area contributed by atoms with E-state index in [-0.39, 0.29) is 23.7 Å². The van der Waals surface area contributed by atoms with Gasteiger partial charge in [0.1, 0.15) is 0 Å². The topological polar surface area (TPSA) is 121 Å². The van der Waals surface area contributed by atoms with Crippen molar-refractivity contribution in [3.63, 3.8) is 0 Å². The number of carbonyl (C=O) groups excluding carboxylic acids is 2. The normalized spacial score (nSPS) is 9.78. The van der Waals surface area contributed by atoms with E-state index in [1.165, 1.54) is 19.1 Å². The Hall–Kier alpha value is -4.26. The highest BCUT2D eigenvalue weighted by Gasteiger charge is 2.09. The molecule has 0 atom stereocenters. The van der Waals surface area contributed by atoms with Gasteiger partial charge in [-0.25, -0.2) is 4.79 Å². The summed E-state index contributed by atoms with van der Waals surface area (Å²) in [7, 11) is 0. The van der Waals surface area contributed by atoms with Crippen molar-refractivity contribution in [2.45, 2.75) is 19.8 Å². The quantitative estimate of drug-likeness (QED) is 0.483. The molecule has 0 saturated carbocycles. The van der Waals surface area contributed by atoms with Gasteiger partial charge in [-0.3, -0.25) is 14.4 Å². The smallest absolute Gasteiger partial charge is 0.335 e. The zero-order valence-electron chi connectivity index (χ0n) is 17.4. The van der Waals surface area contributed by atoms with E-state index >= 15 is 0 Å². The number of hydrogen-bond acceptors (Lipinski definition) is 4. The van der Waals surface area contributed by atoms with Crippen molar-refractivity contribution >= 4 is 29.3 Å². The van der Waals surface area contributed by atoms with Crippen molar-refractivity contribution in [2.24, 2.45) is 0 Å². The number of rotatable bonds is 7. The van der Waals surface area contributed by atoms with Crippen molar-refractivity contribution < 1.29 is 29.4 Å². The summed E-state index contributed by atoms with van der Waals surface area (Å²) in [4.78, 5) is 43.9. The first-order valence-electron chi connectivity index (χ1n) is 9.74. The average Bonchev–Trinajstić information content (AvgIpc) is 2.75. The number of benzene rings is 3. The molecule has 0 aliphatic heterocycles. The van der Waals surface area contributed by atoms with Crippen LogP contribution in [0, 0.1) is 0 Å². The van der Waals surface area contributed by atoms with Gasteiger partial charge < -0.3 is 15.5 Å². The Kier molecular flexibility index (Phi) is 8.86. The van der Waals surface area contributed by atoms with E-state index in [0.29, 0.717) is 23.2 Å². The zero-order chi connectivity index (χ0) is 23.5. The summed E-state index contributed by atoms with van der Waals surface area (Å²) in [6.07, 6.45) is 0.192. The number of anilines is 1. The molecular weight excluding hydrogens is 410 g/mol. The van der Waals surface area contributed by atoms with E-state index < -0.39 is 11.9 Å². The summed E-state index contributed by atoms with van der Waals surface area (Å²) in [6, 6.07) is 22.2. The molecule has 0 radical (unpaired) electrons. The minimum absolute atomic E-state index is 0.100. The van der Waals surface area contributed by atoms with Gasteiger partial charge in [-0.2, -0.15) is 0 Å². The van der Waals surface area contributed by atoms with Crippen LogP contribution < -0.4 is 5.32 Å². The molecule has 164 valence electrons. The fraction of sp³-hybridized carbons (Fsp3) is 0.120. The first kappa shape index (κ1) is 24.0. The number of aliphatic carboxylic acids is 1. The molecule has 7 nitrogen and oxygen atoms in total. The largest absolute Gasteiger partial charge is 0.481 e. The Labute approximate surface area is 185 Å². The molecule has 1 amide bonds. The fourth-order valence-corrected chi connectivity index (χ4v) is 2.86. The second kappa shape index (κ2) is 11.8. The Balaban J connectivity index is 0.000000244. The minimum atomic E-state index is -0.984. The molecular formula is C25H23NO6. The lowest BCUT2D eigenvalue weighted by Gasteiger charge is -2.05. The number of ketones is 1. The molecule has 3 aromatic rings. The predicted octanol–water partition coefficient (Wildman–Crippen LogP) is 4.08. The molecule has 0 fully saturated rings. The molecule has 0 aromatic heterocycles. The highest BCUT2D eigenvalue weighted by atomic mass is 16.4. The van der Waals surface area contributed by atoms with E-state index in [1.54, 1.807) is 36.4 Å². The molecule has 3 rings (SSSR count). The van der Waals surface area contributed by atoms with Crippen molar-refractivity contribution in [3.8, 4) is 0 Å². The maximum atomic E-state index is 11.8. The number of Topliss-reactive ketones (excluding diaryl/α,β-unsaturated/α-hetero) is 1. The van der Waals surface area contributed by atoms with Crippen molar-refractivity contribution in [2.75, 3.05) is 5.32 Å². The van der Waals surface area contributed by atoms with Gasteiger partial charge in [0.25, 0.3) is 0 Å². The Morgan fingerprint density at radius 3 is 1.91 bits per heavy atom. The molecule has 7 heteroatoms. The number of amides is 1. The molecule has 0 heterocycles.